The normalized spacial score (nSPS) is 22.5. The number of Topliss-reactive ketones (excluding diaryl/α,β-unsaturated/α-hetero) is 1. The molecule has 17 heavy (non-hydrogen) atoms. The first-order chi connectivity index (χ1) is 7.96. The fourth-order valence-electron chi connectivity index (χ4n) is 2.22. The number of ketones is 1. The summed E-state index contributed by atoms with van der Waals surface area (Å²) < 4.78 is 22.6. The highest BCUT2D eigenvalue weighted by Crippen LogP contribution is 2.21. The van der Waals surface area contributed by atoms with E-state index in [1.54, 1.807) is 0 Å². The van der Waals surface area contributed by atoms with Crippen LogP contribution in [0.2, 0.25) is 0 Å². The lowest BCUT2D eigenvalue weighted by Gasteiger charge is -2.07. The second-order valence-corrected chi connectivity index (χ2v) is 6.96. The van der Waals surface area contributed by atoms with E-state index in [9.17, 15) is 13.2 Å². The van der Waals surface area contributed by atoms with Crippen LogP contribution in [0.25, 0.3) is 0 Å². The van der Waals surface area contributed by atoms with Crippen molar-refractivity contribution < 1.29 is 13.2 Å². The largest absolute Gasteiger partial charge is 0.299 e. The Morgan fingerprint density at radius 1 is 1.41 bits per heavy atom. The fourth-order valence-corrected chi connectivity index (χ4v) is 3.99. The summed E-state index contributed by atoms with van der Waals surface area (Å²) in [5, 5.41) is 0. The molecule has 1 saturated heterocycles. The van der Waals surface area contributed by atoms with Crippen LogP contribution in [0.5, 0.6) is 0 Å². The smallest absolute Gasteiger partial charge is 0.151 e. The zero-order valence-corrected chi connectivity index (χ0v) is 10.7. The molecule has 0 N–H and O–H groups in total. The predicted molar refractivity (Wildman–Crippen MR) is 66.7 cm³/mol. The van der Waals surface area contributed by atoms with Gasteiger partial charge in [0.1, 0.15) is 5.78 Å². The Balaban J connectivity index is 2.03. The Bertz CT molecular complexity index is 531. The summed E-state index contributed by atoms with van der Waals surface area (Å²) in [6.07, 6.45) is 0.842. The maximum absolute atomic E-state index is 11.9. The molecule has 1 unspecified atom stereocenters. The second-order valence-electron chi connectivity index (χ2n) is 4.73. The van der Waals surface area contributed by atoms with Crippen molar-refractivity contribution in [2.24, 2.45) is 5.92 Å². The molecule has 1 aromatic carbocycles. The molecule has 92 valence electrons. The number of carbonyl (C=O) groups is 1. The molecule has 1 heterocycles. The van der Waals surface area contributed by atoms with E-state index in [2.05, 4.69) is 0 Å². The van der Waals surface area contributed by atoms with Crippen LogP contribution in [0.1, 0.15) is 17.5 Å². The van der Waals surface area contributed by atoms with Crippen molar-refractivity contribution in [3.05, 3.63) is 35.4 Å². The van der Waals surface area contributed by atoms with Gasteiger partial charge in [0, 0.05) is 12.3 Å². The third-order valence-electron chi connectivity index (χ3n) is 3.15. The summed E-state index contributed by atoms with van der Waals surface area (Å²) in [4.78, 5) is 11.9. The molecule has 1 aromatic rings. The number of rotatable bonds is 3. The van der Waals surface area contributed by atoms with E-state index in [1.165, 1.54) is 0 Å². The van der Waals surface area contributed by atoms with E-state index in [-0.39, 0.29) is 23.2 Å². The number of hydrogen-bond donors (Lipinski definition) is 0. The zero-order valence-electron chi connectivity index (χ0n) is 9.85. The molecule has 2 rings (SSSR count). The average Bonchev–Trinajstić information content (AvgIpc) is 2.59. The van der Waals surface area contributed by atoms with Crippen LogP contribution >= 0.6 is 0 Å². The summed E-state index contributed by atoms with van der Waals surface area (Å²) in [5.74, 6) is -0.0355. The molecule has 1 aliphatic rings. The van der Waals surface area contributed by atoms with Crippen molar-refractivity contribution in [3.8, 4) is 0 Å². The number of aryl methyl sites for hydroxylation is 1. The second kappa shape index (κ2) is 4.61. The van der Waals surface area contributed by atoms with Gasteiger partial charge in [0.2, 0.25) is 0 Å². The fraction of sp³-hybridized carbons (Fsp3) is 0.462. The van der Waals surface area contributed by atoms with Crippen molar-refractivity contribution in [1.82, 2.24) is 0 Å². The summed E-state index contributed by atoms with van der Waals surface area (Å²) in [6.45, 7) is 1.98. The first kappa shape index (κ1) is 12.3. The molecule has 0 aromatic heterocycles. The number of benzene rings is 1. The SMILES string of the molecule is Cc1cccc(CC(=O)C2CCS(=O)(=O)C2)c1. The number of hydrogen-bond acceptors (Lipinski definition) is 3. The lowest BCUT2D eigenvalue weighted by Crippen LogP contribution is -2.18. The van der Waals surface area contributed by atoms with Crippen molar-refractivity contribution in [2.45, 2.75) is 19.8 Å². The summed E-state index contributed by atoms with van der Waals surface area (Å²) in [5.41, 5.74) is 2.09. The summed E-state index contributed by atoms with van der Waals surface area (Å²) in [7, 11) is -2.96. The predicted octanol–water partition coefficient (Wildman–Crippen LogP) is 1.54. The third kappa shape index (κ3) is 3.16. The molecular formula is C13H16O3S. The topological polar surface area (TPSA) is 51.2 Å². The highest BCUT2D eigenvalue weighted by molar-refractivity contribution is 7.91. The van der Waals surface area contributed by atoms with Gasteiger partial charge in [-0.25, -0.2) is 8.42 Å². The minimum Gasteiger partial charge on any atom is -0.299 e. The van der Waals surface area contributed by atoms with Gasteiger partial charge in [-0.05, 0) is 18.9 Å². The maximum atomic E-state index is 11.9. The molecule has 0 aliphatic carbocycles. The average molecular weight is 252 g/mol. The minimum atomic E-state index is -2.96. The molecule has 3 nitrogen and oxygen atoms in total. The van der Waals surface area contributed by atoms with E-state index in [1.807, 2.05) is 31.2 Å². The Morgan fingerprint density at radius 3 is 2.76 bits per heavy atom. The molecule has 0 saturated carbocycles. The van der Waals surface area contributed by atoms with Crippen molar-refractivity contribution in [3.63, 3.8) is 0 Å². The third-order valence-corrected chi connectivity index (χ3v) is 4.92. The van der Waals surface area contributed by atoms with Gasteiger partial charge in [0.05, 0.1) is 11.5 Å². The van der Waals surface area contributed by atoms with Gasteiger partial charge in [-0.3, -0.25) is 4.79 Å². The molecule has 1 atom stereocenters. The van der Waals surface area contributed by atoms with Gasteiger partial charge in [-0.1, -0.05) is 29.8 Å². The van der Waals surface area contributed by atoms with Gasteiger partial charge in [-0.2, -0.15) is 0 Å². The summed E-state index contributed by atoms with van der Waals surface area (Å²) in [6, 6.07) is 7.78. The van der Waals surface area contributed by atoms with Crippen molar-refractivity contribution in [2.75, 3.05) is 11.5 Å². The number of carbonyl (C=O) groups excluding carboxylic acids is 1. The monoisotopic (exact) mass is 252 g/mol. The van der Waals surface area contributed by atoms with Gasteiger partial charge in [0.25, 0.3) is 0 Å². The van der Waals surface area contributed by atoms with E-state index in [0.717, 1.165) is 11.1 Å². The quantitative estimate of drug-likeness (QED) is 0.820. The van der Waals surface area contributed by atoms with Crippen LogP contribution in [0.3, 0.4) is 0 Å². The standard InChI is InChI=1S/C13H16O3S/c1-10-3-2-4-11(7-10)8-13(14)12-5-6-17(15,16)9-12/h2-4,7,12H,5-6,8-9H2,1H3. The molecule has 0 radical (unpaired) electrons. The van der Waals surface area contributed by atoms with Crippen LogP contribution in [0, 0.1) is 12.8 Å². The number of sulfone groups is 1. The highest BCUT2D eigenvalue weighted by Gasteiger charge is 2.32. The Morgan fingerprint density at radius 2 is 2.18 bits per heavy atom. The van der Waals surface area contributed by atoms with E-state index < -0.39 is 9.84 Å². The van der Waals surface area contributed by atoms with Crippen molar-refractivity contribution >= 4 is 15.6 Å². The van der Waals surface area contributed by atoms with Crippen molar-refractivity contribution in [1.29, 1.82) is 0 Å². The lowest BCUT2D eigenvalue weighted by molar-refractivity contribution is -0.121. The van der Waals surface area contributed by atoms with Crippen LogP contribution in [-0.4, -0.2) is 25.7 Å². The molecule has 1 fully saturated rings. The Kier molecular flexibility index (Phi) is 3.33. The van der Waals surface area contributed by atoms with Gasteiger partial charge in [0.15, 0.2) is 9.84 Å². The first-order valence-electron chi connectivity index (χ1n) is 5.75. The first-order valence-corrected chi connectivity index (χ1v) is 7.57. The molecule has 0 bridgehead atoms. The van der Waals surface area contributed by atoms with Gasteiger partial charge < -0.3 is 0 Å². The molecular weight excluding hydrogens is 236 g/mol. The maximum Gasteiger partial charge on any atom is 0.151 e. The highest BCUT2D eigenvalue weighted by atomic mass is 32.2. The Labute approximate surface area is 102 Å². The van der Waals surface area contributed by atoms with E-state index >= 15 is 0 Å². The van der Waals surface area contributed by atoms with E-state index in [0.29, 0.717) is 12.8 Å². The molecule has 1 aliphatic heterocycles. The van der Waals surface area contributed by atoms with Crippen LogP contribution in [0.15, 0.2) is 24.3 Å². The minimum absolute atomic E-state index is 0.0393. The van der Waals surface area contributed by atoms with Gasteiger partial charge in [-0.15, -0.1) is 0 Å². The summed E-state index contributed by atoms with van der Waals surface area (Å²) >= 11 is 0. The lowest BCUT2D eigenvalue weighted by atomic mass is 9.97. The van der Waals surface area contributed by atoms with E-state index in [4.69, 9.17) is 0 Å². The molecule has 4 heteroatoms. The van der Waals surface area contributed by atoms with Gasteiger partial charge >= 0.3 is 0 Å². The van der Waals surface area contributed by atoms with Crippen LogP contribution < -0.4 is 0 Å². The van der Waals surface area contributed by atoms with Crippen LogP contribution in [-0.2, 0) is 21.1 Å². The van der Waals surface area contributed by atoms with Crippen LogP contribution in [0.4, 0.5) is 0 Å². The zero-order chi connectivity index (χ0) is 12.5. The molecule has 0 amide bonds. The molecule has 0 spiro atoms. The Hall–Kier alpha value is -1.16.